The van der Waals surface area contributed by atoms with E-state index in [9.17, 15) is 4.79 Å². The van der Waals surface area contributed by atoms with Crippen LogP contribution in [0.15, 0.2) is 36.4 Å². The van der Waals surface area contributed by atoms with E-state index in [-0.39, 0.29) is 18.2 Å². The quantitative estimate of drug-likeness (QED) is 0.727. The van der Waals surface area contributed by atoms with Crippen LogP contribution in [0.1, 0.15) is 45.5 Å². The molecule has 0 amide bonds. The van der Waals surface area contributed by atoms with E-state index >= 15 is 0 Å². The first kappa shape index (κ1) is 19.5. The highest BCUT2D eigenvalue weighted by molar-refractivity contribution is 5.97. The van der Waals surface area contributed by atoms with Crippen molar-refractivity contribution in [3.05, 3.63) is 64.2 Å². The summed E-state index contributed by atoms with van der Waals surface area (Å²) in [5.41, 5.74) is 8.94. The third-order valence-corrected chi connectivity index (χ3v) is 6.59. The molecule has 0 saturated carbocycles. The SMILES string of the molecule is Cl.O=C(CN1CCN(c2c3c(cc4c2CCC4)CCC3)CC1)c1ccccc1. The first-order chi connectivity index (χ1) is 13.3. The molecule has 1 saturated heterocycles. The van der Waals surface area contributed by atoms with E-state index in [4.69, 9.17) is 0 Å². The molecule has 1 fully saturated rings. The first-order valence-electron chi connectivity index (χ1n) is 10.5. The van der Waals surface area contributed by atoms with Gasteiger partial charge in [0, 0.05) is 37.4 Å². The first-order valence-corrected chi connectivity index (χ1v) is 10.5. The van der Waals surface area contributed by atoms with Crippen molar-refractivity contribution in [1.82, 2.24) is 4.90 Å². The fourth-order valence-corrected chi connectivity index (χ4v) is 5.22. The second-order valence-electron chi connectivity index (χ2n) is 8.26. The Morgan fingerprint density at radius 2 is 1.43 bits per heavy atom. The maximum absolute atomic E-state index is 12.5. The third-order valence-electron chi connectivity index (χ3n) is 6.59. The summed E-state index contributed by atoms with van der Waals surface area (Å²) in [5.74, 6) is 0.241. The Kier molecular flexibility index (Phi) is 5.75. The number of fused-ring (bicyclic) bond motifs is 2. The fraction of sp³-hybridized carbons (Fsp3) is 0.458. The number of rotatable bonds is 4. The van der Waals surface area contributed by atoms with Gasteiger partial charge in [-0.05, 0) is 60.8 Å². The predicted octanol–water partition coefficient (Wildman–Crippen LogP) is 4.09. The normalized spacial score (nSPS) is 18.5. The second kappa shape index (κ2) is 8.26. The molecule has 0 N–H and O–H groups in total. The number of hydrogen-bond acceptors (Lipinski definition) is 3. The van der Waals surface area contributed by atoms with Crippen molar-refractivity contribution < 1.29 is 4.79 Å². The number of hydrogen-bond donors (Lipinski definition) is 0. The molecule has 3 nitrogen and oxygen atoms in total. The minimum Gasteiger partial charge on any atom is -0.369 e. The van der Waals surface area contributed by atoms with Crippen LogP contribution in [0.2, 0.25) is 0 Å². The molecule has 28 heavy (non-hydrogen) atoms. The van der Waals surface area contributed by atoms with E-state index in [1.807, 2.05) is 30.3 Å². The smallest absolute Gasteiger partial charge is 0.176 e. The summed E-state index contributed by atoms with van der Waals surface area (Å²) in [6, 6.07) is 12.2. The van der Waals surface area contributed by atoms with Gasteiger partial charge >= 0.3 is 0 Å². The lowest BCUT2D eigenvalue weighted by Gasteiger charge is -2.38. The largest absolute Gasteiger partial charge is 0.369 e. The van der Waals surface area contributed by atoms with Gasteiger partial charge in [-0.15, -0.1) is 12.4 Å². The third kappa shape index (κ3) is 3.58. The van der Waals surface area contributed by atoms with Gasteiger partial charge in [-0.3, -0.25) is 9.69 Å². The lowest BCUT2D eigenvalue weighted by Crippen LogP contribution is -2.48. The lowest BCUT2D eigenvalue weighted by molar-refractivity contribution is 0.0926. The van der Waals surface area contributed by atoms with Gasteiger partial charge in [0.2, 0.25) is 0 Å². The highest BCUT2D eigenvalue weighted by Crippen LogP contribution is 2.40. The maximum atomic E-state index is 12.5. The van der Waals surface area contributed by atoms with Crippen molar-refractivity contribution in [3.63, 3.8) is 0 Å². The molecule has 0 bridgehead atoms. The number of carbonyl (C=O) groups excluding carboxylic acids is 1. The molecule has 0 atom stereocenters. The number of anilines is 1. The maximum Gasteiger partial charge on any atom is 0.176 e. The van der Waals surface area contributed by atoms with Crippen LogP contribution >= 0.6 is 12.4 Å². The molecule has 5 rings (SSSR count). The van der Waals surface area contributed by atoms with Crippen molar-refractivity contribution in [3.8, 4) is 0 Å². The van der Waals surface area contributed by atoms with E-state index in [0.29, 0.717) is 6.54 Å². The topological polar surface area (TPSA) is 23.6 Å². The van der Waals surface area contributed by atoms with Gasteiger partial charge in [-0.2, -0.15) is 0 Å². The number of carbonyl (C=O) groups is 1. The molecule has 0 radical (unpaired) electrons. The molecule has 2 aromatic carbocycles. The van der Waals surface area contributed by atoms with Gasteiger partial charge in [0.15, 0.2) is 5.78 Å². The summed E-state index contributed by atoms with van der Waals surface area (Å²) in [7, 11) is 0. The Morgan fingerprint density at radius 1 is 0.821 bits per heavy atom. The van der Waals surface area contributed by atoms with Crippen molar-refractivity contribution in [1.29, 1.82) is 0 Å². The summed E-state index contributed by atoms with van der Waals surface area (Å²) in [5, 5.41) is 0. The molecule has 1 heterocycles. The van der Waals surface area contributed by atoms with Crippen LogP contribution in [0.5, 0.6) is 0 Å². The van der Waals surface area contributed by atoms with Gasteiger partial charge in [-0.1, -0.05) is 36.4 Å². The Balaban J connectivity index is 0.00000192. The molecule has 2 aliphatic carbocycles. The van der Waals surface area contributed by atoms with Crippen molar-refractivity contribution in [2.75, 3.05) is 37.6 Å². The van der Waals surface area contributed by atoms with Crippen LogP contribution in [0, 0.1) is 0 Å². The average Bonchev–Trinajstić information content (AvgIpc) is 3.36. The van der Waals surface area contributed by atoms with Crippen molar-refractivity contribution in [2.24, 2.45) is 0 Å². The van der Waals surface area contributed by atoms with Crippen LogP contribution in [0.25, 0.3) is 0 Å². The average molecular weight is 397 g/mol. The number of nitrogens with zero attached hydrogens (tertiary/aromatic N) is 2. The molecule has 1 aliphatic heterocycles. The molecule has 148 valence electrons. The van der Waals surface area contributed by atoms with Gasteiger partial charge in [0.25, 0.3) is 0 Å². The molecule has 2 aromatic rings. The Bertz CT molecular complexity index is 824. The number of benzene rings is 2. The van der Waals surface area contributed by atoms with Gasteiger partial charge in [0.1, 0.15) is 0 Å². The minimum absolute atomic E-state index is 0. The van der Waals surface area contributed by atoms with Crippen molar-refractivity contribution in [2.45, 2.75) is 38.5 Å². The van der Waals surface area contributed by atoms with E-state index in [2.05, 4.69) is 15.9 Å². The van der Waals surface area contributed by atoms with Crippen LogP contribution in [0.3, 0.4) is 0 Å². The molecular formula is C24H29ClN2O. The van der Waals surface area contributed by atoms with Crippen LogP contribution < -0.4 is 4.90 Å². The second-order valence-corrected chi connectivity index (χ2v) is 8.26. The number of aryl methyl sites for hydroxylation is 2. The number of halogens is 1. The van der Waals surface area contributed by atoms with Crippen LogP contribution in [0.4, 0.5) is 5.69 Å². The Hall–Kier alpha value is -1.84. The molecule has 0 spiro atoms. The highest BCUT2D eigenvalue weighted by atomic mass is 35.5. The van der Waals surface area contributed by atoms with E-state index in [1.54, 1.807) is 27.9 Å². The lowest BCUT2D eigenvalue weighted by atomic mass is 9.97. The molecule has 0 unspecified atom stereocenters. The Morgan fingerprint density at radius 3 is 2.04 bits per heavy atom. The standard InChI is InChI=1S/C24H28N2O.ClH/c27-23(18-6-2-1-3-7-18)17-25-12-14-26(15-13-25)24-21-10-4-8-19(21)16-20-9-5-11-22(20)24;/h1-3,6-7,16H,4-5,8-15,17H2;1H. The number of piperazine rings is 1. The summed E-state index contributed by atoms with van der Waals surface area (Å²) in [6.45, 7) is 4.60. The summed E-state index contributed by atoms with van der Waals surface area (Å²) < 4.78 is 0. The zero-order valence-corrected chi connectivity index (χ0v) is 17.3. The summed E-state index contributed by atoms with van der Waals surface area (Å²) >= 11 is 0. The highest BCUT2D eigenvalue weighted by Gasteiger charge is 2.29. The zero-order chi connectivity index (χ0) is 18.2. The Labute approximate surface area is 174 Å². The van der Waals surface area contributed by atoms with Crippen LogP contribution in [-0.4, -0.2) is 43.4 Å². The van der Waals surface area contributed by atoms with Crippen LogP contribution in [-0.2, 0) is 25.7 Å². The van der Waals surface area contributed by atoms with E-state index in [0.717, 1.165) is 31.7 Å². The van der Waals surface area contributed by atoms with E-state index < -0.39 is 0 Å². The van der Waals surface area contributed by atoms with Gasteiger partial charge < -0.3 is 4.90 Å². The minimum atomic E-state index is 0. The zero-order valence-electron chi connectivity index (χ0n) is 16.5. The van der Waals surface area contributed by atoms with Crippen molar-refractivity contribution >= 4 is 23.9 Å². The molecule has 3 aliphatic rings. The predicted molar refractivity (Wildman–Crippen MR) is 117 cm³/mol. The molecular weight excluding hydrogens is 368 g/mol. The summed E-state index contributed by atoms with van der Waals surface area (Å²) in [4.78, 5) is 17.5. The number of ketones is 1. The molecule has 0 aromatic heterocycles. The van der Waals surface area contributed by atoms with E-state index in [1.165, 1.54) is 38.5 Å². The number of Topliss-reactive ketones (excluding diaryl/α,β-unsaturated/α-hetero) is 1. The monoisotopic (exact) mass is 396 g/mol. The molecule has 4 heteroatoms. The fourth-order valence-electron chi connectivity index (χ4n) is 5.22. The van der Waals surface area contributed by atoms with Gasteiger partial charge in [-0.25, -0.2) is 0 Å². The summed E-state index contributed by atoms with van der Waals surface area (Å²) in [6.07, 6.45) is 7.67. The van der Waals surface area contributed by atoms with Gasteiger partial charge in [0.05, 0.1) is 6.54 Å².